The molecular formula is C4H7NO3S. The molecule has 0 spiro atoms. The van der Waals surface area contributed by atoms with Crippen molar-refractivity contribution in [2.24, 2.45) is 5.14 Å². The summed E-state index contributed by atoms with van der Waals surface area (Å²) in [6.07, 6.45) is 0.488. The molecule has 0 aromatic heterocycles. The first-order valence-electron chi connectivity index (χ1n) is 2.53. The summed E-state index contributed by atoms with van der Waals surface area (Å²) in [7, 11) is -1.55. The highest BCUT2D eigenvalue weighted by Crippen LogP contribution is 2.09. The first-order chi connectivity index (χ1) is 4.22. The van der Waals surface area contributed by atoms with Crippen LogP contribution in [0.5, 0.6) is 0 Å². The van der Waals surface area contributed by atoms with Gasteiger partial charge in [0.05, 0.1) is 6.61 Å². The fourth-order valence-electron chi connectivity index (χ4n) is 0.688. The van der Waals surface area contributed by atoms with Crippen LogP contribution in [0, 0.1) is 0 Å². The molecule has 0 bridgehead atoms. The maximum Gasteiger partial charge on any atom is 0.323 e. The standard InChI is InChI=1S/C4H7NO3S/c5-9(7)3-1-2-8-4(3)6/h3H,1-2,5H2. The zero-order chi connectivity index (χ0) is 6.85. The Balaban J connectivity index is 2.60. The van der Waals surface area contributed by atoms with E-state index in [1.807, 2.05) is 0 Å². The smallest absolute Gasteiger partial charge is 0.323 e. The van der Waals surface area contributed by atoms with Crippen LogP contribution in [0.25, 0.3) is 0 Å². The molecule has 4 nitrogen and oxygen atoms in total. The summed E-state index contributed by atoms with van der Waals surface area (Å²) in [5.74, 6) is -0.434. The van der Waals surface area contributed by atoms with Gasteiger partial charge in [-0.25, -0.2) is 4.21 Å². The number of nitrogens with two attached hydrogens (primary N) is 1. The Kier molecular flexibility index (Phi) is 1.82. The molecule has 9 heavy (non-hydrogen) atoms. The third-order valence-electron chi connectivity index (χ3n) is 1.17. The lowest BCUT2D eigenvalue weighted by molar-refractivity contribution is -0.137. The molecular weight excluding hydrogens is 142 g/mol. The van der Waals surface area contributed by atoms with E-state index in [1.165, 1.54) is 0 Å². The van der Waals surface area contributed by atoms with E-state index < -0.39 is 22.2 Å². The second-order valence-electron chi connectivity index (χ2n) is 1.77. The molecule has 5 heteroatoms. The van der Waals surface area contributed by atoms with Crippen molar-refractivity contribution >= 4 is 17.0 Å². The molecule has 0 saturated carbocycles. The van der Waals surface area contributed by atoms with Crippen molar-refractivity contribution in [1.29, 1.82) is 0 Å². The highest BCUT2D eigenvalue weighted by atomic mass is 32.2. The minimum atomic E-state index is -1.55. The fraction of sp³-hybridized carbons (Fsp3) is 0.750. The summed E-state index contributed by atoms with van der Waals surface area (Å²) in [4.78, 5) is 10.5. The second-order valence-corrected chi connectivity index (χ2v) is 3.00. The zero-order valence-electron chi connectivity index (χ0n) is 4.70. The lowest BCUT2D eigenvalue weighted by atomic mass is 10.4. The van der Waals surface area contributed by atoms with Gasteiger partial charge in [0.2, 0.25) is 0 Å². The van der Waals surface area contributed by atoms with Crippen molar-refractivity contribution in [2.45, 2.75) is 11.7 Å². The van der Waals surface area contributed by atoms with Crippen molar-refractivity contribution in [3.8, 4) is 0 Å². The average Bonchev–Trinajstić information content (AvgIpc) is 2.13. The fourth-order valence-corrected chi connectivity index (χ4v) is 1.27. The molecule has 0 aromatic rings. The summed E-state index contributed by atoms with van der Waals surface area (Å²) in [5.41, 5.74) is 0. The van der Waals surface area contributed by atoms with Crippen LogP contribution in [0.2, 0.25) is 0 Å². The molecule has 1 rings (SSSR count). The molecule has 52 valence electrons. The Labute approximate surface area is 55.0 Å². The Morgan fingerprint density at radius 2 is 2.44 bits per heavy atom. The molecule has 2 atom stereocenters. The first-order valence-corrected chi connectivity index (χ1v) is 3.81. The summed E-state index contributed by atoms with van der Waals surface area (Å²) < 4.78 is 15.0. The Morgan fingerprint density at radius 3 is 2.67 bits per heavy atom. The van der Waals surface area contributed by atoms with Crippen LogP contribution in [0.3, 0.4) is 0 Å². The number of rotatable bonds is 1. The van der Waals surface area contributed by atoms with E-state index in [0.29, 0.717) is 13.0 Å². The van der Waals surface area contributed by atoms with Gasteiger partial charge in [-0.15, -0.1) is 0 Å². The van der Waals surface area contributed by atoms with Crippen LogP contribution >= 0.6 is 0 Å². The Bertz CT molecular complexity index is 158. The van der Waals surface area contributed by atoms with Gasteiger partial charge in [-0.1, -0.05) is 0 Å². The van der Waals surface area contributed by atoms with Gasteiger partial charge in [-0.3, -0.25) is 9.93 Å². The van der Waals surface area contributed by atoms with E-state index in [2.05, 4.69) is 4.74 Å². The van der Waals surface area contributed by atoms with Gasteiger partial charge in [-0.05, 0) is 0 Å². The van der Waals surface area contributed by atoms with E-state index >= 15 is 0 Å². The van der Waals surface area contributed by atoms with Crippen LogP contribution < -0.4 is 5.14 Å². The lowest BCUT2D eigenvalue weighted by Gasteiger charge is -1.96. The number of carbonyl (C=O) groups is 1. The highest BCUT2D eigenvalue weighted by molar-refractivity contribution is 7.84. The minimum absolute atomic E-state index is 0.354. The van der Waals surface area contributed by atoms with Gasteiger partial charge >= 0.3 is 5.97 Å². The third kappa shape index (κ3) is 1.28. The molecule has 1 aliphatic rings. The summed E-state index contributed by atoms with van der Waals surface area (Å²) in [5, 5.41) is 4.38. The number of carbonyl (C=O) groups excluding carboxylic acids is 1. The molecule has 1 aliphatic heterocycles. The molecule has 0 amide bonds. The van der Waals surface area contributed by atoms with Gasteiger partial charge in [0.25, 0.3) is 0 Å². The van der Waals surface area contributed by atoms with E-state index in [0.717, 1.165) is 0 Å². The van der Waals surface area contributed by atoms with E-state index in [4.69, 9.17) is 5.14 Å². The van der Waals surface area contributed by atoms with Gasteiger partial charge in [0, 0.05) is 6.42 Å². The predicted octanol–water partition coefficient (Wildman–Crippen LogP) is -1.08. The molecule has 0 aliphatic carbocycles. The predicted molar refractivity (Wildman–Crippen MR) is 31.7 cm³/mol. The Hall–Kier alpha value is -0.420. The quantitative estimate of drug-likeness (QED) is 0.482. The molecule has 0 aromatic carbocycles. The molecule has 2 N–H and O–H groups in total. The number of hydrogen-bond donors (Lipinski definition) is 1. The van der Waals surface area contributed by atoms with Crippen molar-refractivity contribution in [3.05, 3.63) is 0 Å². The van der Waals surface area contributed by atoms with E-state index in [1.54, 1.807) is 0 Å². The van der Waals surface area contributed by atoms with E-state index in [9.17, 15) is 9.00 Å². The molecule has 1 heterocycles. The van der Waals surface area contributed by atoms with Gasteiger partial charge in [0.15, 0.2) is 0 Å². The van der Waals surface area contributed by atoms with Gasteiger partial charge in [0.1, 0.15) is 16.2 Å². The normalized spacial score (nSPS) is 29.9. The van der Waals surface area contributed by atoms with Crippen LogP contribution in [-0.2, 0) is 20.5 Å². The van der Waals surface area contributed by atoms with Crippen LogP contribution in [0.4, 0.5) is 0 Å². The van der Waals surface area contributed by atoms with Crippen LogP contribution in [0.1, 0.15) is 6.42 Å². The zero-order valence-corrected chi connectivity index (χ0v) is 5.52. The number of esters is 1. The largest absolute Gasteiger partial charge is 0.465 e. The average molecular weight is 149 g/mol. The lowest BCUT2D eigenvalue weighted by Crippen LogP contribution is -2.25. The van der Waals surface area contributed by atoms with Gasteiger partial charge in [-0.2, -0.15) is 0 Å². The SMILES string of the molecule is NS(=O)C1CCOC1=O. The number of hydrogen-bond acceptors (Lipinski definition) is 3. The van der Waals surface area contributed by atoms with Crippen molar-refractivity contribution in [1.82, 2.24) is 0 Å². The second kappa shape index (κ2) is 2.45. The van der Waals surface area contributed by atoms with Gasteiger partial charge < -0.3 is 4.74 Å². The number of ether oxygens (including phenoxy) is 1. The summed E-state index contributed by atoms with van der Waals surface area (Å²) >= 11 is 0. The summed E-state index contributed by atoms with van der Waals surface area (Å²) in [6.45, 7) is 0.354. The molecule has 1 saturated heterocycles. The van der Waals surface area contributed by atoms with Crippen molar-refractivity contribution < 1.29 is 13.7 Å². The molecule has 0 radical (unpaired) electrons. The first kappa shape index (κ1) is 6.70. The molecule has 1 fully saturated rings. The maximum absolute atomic E-state index is 10.5. The molecule has 2 unspecified atom stereocenters. The third-order valence-corrected chi connectivity index (χ3v) is 2.16. The minimum Gasteiger partial charge on any atom is -0.465 e. The Morgan fingerprint density at radius 1 is 1.78 bits per heavy atom. The highest BCUT2D eigenvalue weighted by Gasteiger charge is 2.30. The topological polar surface area (TPSA) is 69.4 Å². The maximum atomic E-state index is 10.5. The van der Waals surface area contributed by atoms with Crippen molar-refractivity contribution in [2.75, 3.05) is 6.61 Å². The van der Waals surface area contributed by atoms with Crippen molar-refractivity contribution in [3.63, 3.8) is 0 Å². The monoisotopic (exact) mass is 149 g/mol. The van der Waals surface area contributed by atoms with E-state index in [-0.39, 0.29) is 0 Å². The van der Waals surface area contributed by atoms with Crippen LogP contribution in [0.15, 0.2) is 0 Å². The number of cyclic esters (lactones) is 1. The summed E-state index contributed by atoms with van der Waals surface area (Å²) in [6, 6.07) is 0. The van der Waals surface area contributed by atoms with Crippen LogP contribution in [-0.4, -0.2) is 22.0 Å².